The quantitative estimate of drug-likeness (QED) is 0.794. The molecule has 134 valence electrons. The highest BCUT2D eigenvalue weighted by Gasteiger charge is 2.53. The van der Waals surface area contributed by atoms with Crippen molar-refractivity contribution < 1.29 is 29.2 Å². The molecule has 0 aromatic rings. The lowest BCUT2D eigenvalue weighted by Crippen LogP contribution is -2.39. The van der Waals surface area contributed by atoms with Crippen molar-refractivity contribution in [2.24, 2.45) is 11.8 Å². The van der Waals surface area contributed by atoms with E-state index in [2.05, 4.69) is 0 Å². The van der Waals surface area contributed by atoms with Gasteiger partial charge in [-0.25, -0.2) is 0 Å². The Morgan fingerprint density at radius 2 is 2.00 bits per heavy atom. The molecule has 0 bridgehead atoms. The average molecular weight is 330 g/mol. The van der Waals surface area contributed by atoms with Crippen LogP contribution in [0.25, 0.3) is 0 Å². The van der Waals surface area contributed by atoms with Gasteiger partial charge in [0.2, 0.25) is 0 Å². The SMILES string of the molecule is CO[C@@H]1O[C@H]([C@H]2COC3(CCCCC3)O2)[C@H](C[C@@H](C)CO)[C@H]1O. The second-order valence-corrected chi connectivity index (χ2v) is 7.32. The zero-order valence-electron chi connectivity index (χ0n) is 14.1. The van der Waals surface area contributed by atoms with Gasteiger partial charge >= 0.3 is 0 Å². The predicted octanol–water partition coefficient (Wildman–Crippen LogP) is 1.43. The molecule has 1 saturated carbocycles. The molecule has 23 heavy (non-hydrogen) atoms. The largest absolute Gasteiger partial charge is 0.396 e. The molecule has 2 aliphatic heterocycles. The Morgan fingerprint density at radius 1 is 1.26 bits per heavy atom. The molecule has 1 spiro atoms. The maximum absolute atomic E-state index is 10.5. The molecule has 2 N–H and O–H groups in total. The molecule has 1 aliphatic carbocycles. The van der Waals surface area contributed by atoms with Crippen LogP contribution in [-0.4, -0.2) is 60.9 Å². The molecule has 0 aromatic carbocycles. The molecule has 3 rings (SSSR count). The van der Waals surface area contributed by atoms with Gasteiger partial charge in [-0.1, -0.05) is 13.3 Å². The Morgan fingerprint density at radius 3 is 2.65 bits per heavy atom. The minimum atomic E-state index is -0.703. The van der Waals surface area contributed by atoms with Crippen LogP contribution in [0.4, 0.5) is 0 Å². The van der Waals surface area contributed by atoms with Gasteiger partial charge in [0.05, 0.1) is 12.7 Å². The van der Waals surface area contributed by atoms with Gasteiger partial charge in [-0.2, -0.15) is 0 Å². The van der Waals surface area contributed by atoms with Crippen LogP contribution in [0.3, 0.4) is 0 Å². The lowest BCUT2D eigenvalue weighted by atomic mass is 9.86. The van der Waals surface area contributed by atoms with Gasteiger partial charge in [-0.15, -0.1) is 0 Å². The van der Waals surface area contributed by atoms with Crippen molar-refractivity contribution in [3.8, 4) is 0 Å². The highest BCUT2D eigenvalue weighted by atomic mass is 16.8. The van der Waals surface area contributed by atoms with Crippen LogP contribution in [0.2, 0.25) is 0 Å². The van der Waals surface area contributed by atoms with E-state index >= 15 is 0 Å². The molecule has 3 aliphatic rings. The van der Waals surface area contributed by atoms with E-state index in [1.165, 1.54) is 13.5 Å². The van der Waals surface area contributed by atoms with Gasteiger partial charge in [-0.05, 0) is 25.2 Å². The summed E-state index contributed by atoms with van der Waals surface area (Å²) in [6, 6.07) is 0. The fraction of sp³-hybridized carbons (Fsp3) is 1.00. The first-order chi connectivity index (χ1) is 11.1. The number of rotatable bonds is 5. The van der Waals surface area contributed by atoms with Gasteiger partial charge < -0.3 is 29.2 Å². The van der Waals surface area contributed by atoms with Gasteiger partial charge in [0.15, 0.2) is 12.1 Å². The Bertz CT molecular complexity index is 383. The Kier molecular flexibility index (Phi) is 5.61. The first-order valence-corrected chi connectivity index (χ1v) is 8.87. The van der Waals surface area contributed by atoms with Crippen molar-refractivity contribution in [3.63, 3.8) is 0 Å². The smallest absolute Gasteiger partial charge is 0.183 e. The highest BCUT2D eigenvalue weighted by Crippen LogP contribution is 2.43. The molecule has 0 aromatic heterocycles. The lowest BCUT2D eigenvalue weighted by Gasteiger charge is -2.33. The summed E-state index contributed by atoms with van der Waals surface area (Å²) in [5, 5.41) is 19.8. The Labute approximate surface area is 138 Å². The summed E-state index contributed by atoms with van der Waals surface area (Å²) in [4.78, 5) is 0. The Hall–Kier alpha value is -0.240. The molecule has 0 radical (unpaired) electrons. The summed E-state index contributed by atoms with van der Waals surface area (Å²) in [5.74, 6) is -0.466. The number of methoxy groups -OCH3 is 1. The molecule has 2 saturated heterocycles. The summed E-state index contributed by atoms with van der Waals surface area (Å²) >= 11 is 0. The van der Waals surface area contributed by atoms with Crippen LogP contribution in [0.5, 0.6) is 0 Å². The predicted molar refractivity (Wildman–Crippen MR) is 82.7 cm³/mol. The standard InChI is InChI=1S/C17H30O6/c1-11(9-18)8-12-14(19)16(20-2)22-15(12)13-10-21-17(23-13)6-4-3-5-7-17/h11-16,18-19H,3-10H2,1-2H3/t11-,12-,13-,14-,15+,16-/m1/s1. The fourth-order valence-corrected chi connectivity index (χ4v) is 4.20. The average Bonchev–Trinajstić information content (AvgIpc) is 3.10. The number of aliphatic hydroxyl groups is 2. The first kappa shape index (κ1) is 17.6. The van der Waals surface area contributed by atoms with Crippen molar-refractivity contribution in [3.05, 3.63) is 0 Å². The zero-order chi connectivity index (χ0) is 16.4. The Balaban J connectivity index is 1.69. The zero-order valence-corrected chi connectivity index (χ0v) is 14.1. The third-order valence-corrected chi connectivity index (χ3v) is 5.51. The van der Waals surface area contributed by atoms with E-state index < -0.39 is 18.2 Å². The van der Waals surface area contributed by atoms with Crippen molar-refractivity contribution in [1.82, 2.24) is 0 Å². The first-order valence-electron chi connectivity index (χ1n) is 8.87. The van der Waals surface area contributed by atoms with Crippen molar-refractivity contribution in [2.45, 2.75) is 75.8 Å². The second kappa shape index (κ2) is 7.33. The van der Waals surface area contributed by atoms with Gasteiger partial charge in [-0.3, -0.25) is 0 Å². The normalized spacial score (nSPS) is 41.5. The maximum atomic E-state index is 10.5. The molecule has 0 amide bonds. The van der Waals surface area contributed by atoms with E-state index in [9.17, 15) is 10.2 Å². The van der Waals surface area contributed by atoms with Crippen LogP contribution in [-0.2, 0) is 18.9 Å². The molecule has 6 nitrogen and oxygen atoms in total. The summed E-state index contributed by atoms with van der Waals surface area (Å²) < 4.78 is 23.5. The summed E-state index contributed by atoms with van der Waals surface area (Å²) in [6.45, 7) is 2.57. The monoisotopic (exact) mass is 330 g/mol. The number of ether oxygens (including phenoxy) is 4. The van der Waals surface area contributed by atoms with Crippen molar-refractivity contribution >= 4 is 0 Å². The van der Waals surface area contributed by atoms with Gasteiger partial charge in [0.1, 0.15) is 12.2 Å². The summed E-state index contributed by atoms with van der Waals surface area (Å²) in [5.41, 5.74) is 0. The topological polar surface area (TPSA) is 77.4 Å². The molecular weight excluding hydrogens is 300 g/mol. The molecule has 3 fully saturated rings. The molecule has 6 atom stereocenters. The number of hydrogen-bond donors (Lipinski definition) is 2. The van der Waals surface area contributed by atoms with Crippen LogP contribution in [0.15, 0.2) is 0 Å². The van der Waals surface area contributed by atoms with Crippen molar-refractivity contribution in [2.75, 3.05) is 20.3 Å². The summed E-state index contributed by atoms with van der Waals surface area (Å²) in [7, 11) is 1.54. The van der Waals surface area contributed by atoms with Gasteiger partial charge in [0.25, 0.3) is 0 Å². The van der Waals surface area contributed by atoms with E-state index in [-0.39, 0.29) is 30.7 Å². The minimum absolute atomic E-state index is 0.0968. The third kappa shape index (κ3) is 3.57. The minimum Gasteiger partial charge on any atom is -0.396 e. The van der Waals surface area contributed by atoms with E-state index in [1.54, 1.807) is 0 Å². The number of hydrogen-bond acceptors (Lipinski definition) is 6. The van der Waals surface area contributed by atoms with E-state index in [1.807, 2.05) is 6.92 Å². The number of aliphatic hydroxyl groups excluding tert-OH is 2. The fourth-order valence-electron chi connectivity index (χ4n) is 4.20. The highest BCUT2D eigenvalue weighted by molar-refractivity contribution is 4.95. The van der Waals surface area contributed by atoms with Gasteiger partial charge in [0, 0.05) is 32.5 Å². The molecular formula is C17H30O6. The summed E-state index contributed by atoms with van der Waals surface area (Å²) in [6.07, 6.45) is 4.26. The third-order valence-electron chi connectivity index (χ3n) is 5.51. The van der Waals surface area contributed by atoms with E-state index in [4.69, 9.17) is 18.9 Å². The van der Waals surface area contributed by atoms with E-state index in [0.717, 1.165) is 25.7 Å². The van der Waals surface area contributed by atoms with Crippen LogP contribution in [0, 0.1) is 11.8 Å². The van der Waals surface area contributed by atoms with E-state index in [0.29, 0.717) is 13.0 Å². The van der Waals surface area contributed by atoms with Crippen LogP contribution < -0.4 is 0 Å². The molecule has 6 heteroatoms. The van der Waals surface area contributed by atoms with Crippen LogP contribution in [0.1, 0.15) is 45.4 Å². The molecule has 0 unspecified atom stereocenters. The second-order valence-electron chi connectivity index (χ2n) is 7.32. The van der Waals surface area contributed by atoms with Crippen LogP contribution >= 0.6 is 0 Å². The molecule has 2 heterocycles. The van der Waals surface area contributed by atoms with Crippen molar-refractivity contribution in [1.29, 1.82) is 0 Å². The maximum Gasteiger partial charge on any atom is 0.183 e. The lowest BCUT2D eigenvalue weighted by molar-refractivity contribution is -0.209.